The quantitative estimate of drug-likeness (QED) is 0.565. The van der Waals surface area contributed by atoms with E-state index in [1.54, 1.807) is 13.8 Å². The van der Waals surface area contributed by atoms with Crippen LogP contribution in [0.2, 0.25) is 0 Å². The maximum atomic E-state index is 14.1. The van der Waals surface area contributed by atoms with E-state index in [4.69, 9.17) is 4.74 Å². The third kappa shape index (κ3) is 4.04. The summed E-state index contributed by atoms with van der Waals surface area (Å²) in [6.07, 6.45) is 0. The van der Waals surface area contributed by atoms with E-state index in [2.05, 4.69) is 10.3 Å². The minimum atomic E-state index is -3.40. The van der Waals surface area contributed by atoms with Gasteiger partial charge in [-0.05, 0) is 11.5 Å². The average molecular weight is 350 g/mol. The number of aliphatic carboxylic acids is 1. The number of alkyl halides is 2. The summed E-state index contributed by atoms with van der Waals surface area (Å²) in [6, 6.07) is 3.92. The van der Waals surface area contributed by atoms with Gasteiger partial charge in [0.1, 0.15) is 5.69 Å². The Morgan fingerprint density at radius 3 is 2.50 bits per heavy atom. The number of hydrogen-bond donors (Lipinski definition) is 1. The fraction of sp³-hybridized carbons (Fsp3) is 0.533. The van der Waals surface area contributed by atoms with Gasteiger partial charge in [-0.25, -0.2) is 4.98 Å². The second-order valence-electron chi connectivity index (χ2n) is 6.08. The number of halogens is 2. The fourth-order valence-electron chi connectivity index (χ4n) is 2.70. The summed E-state index contributed by atoms with van der Waals surface area (Å²) in [6.45, 7) is 2.19. The van der Waals surface area contributed by atoms with Crippen LogP contribution in [-0.2, 0) is 15.5 Å². The van der Waals surface area contributed by atoms with Gasteiger partial charge >= 0.3 is 35.5 Å². The second-order valence-corrected chi connectivity index (χ2v) is 6.08. The molecule has 0 aromatic carbocycles. The maximum absolute atomic E-state index is 14.1. The molecular weight excluding hydrogens is 333 g/mol. The molecule has 0 unspecified atom stereocenters. The number of carbonyl (C=O) groups is 2. The number of pyridine rings is 1. The van der Waals surface area contributed by atoms with Gasteiger partial charge in [-0.1, -0.05) is 19.9 Å². The van der Waals surface area contributed by atoms with E-state index >= 15 is 0 Å². The van der Waals surface area contributed by atoms with Crippen LogP contribution in [-0.4, -0.2) is 30.5 Å². The predicted octanol–water partition coefficient (Wildman–Crippen LogP) is -2.68. The first-order valence-electron chi connectivity index (χ1n) is 6.99. The van der Waals surface area contributed by atoms with E-state index in [-0.39, 0.29) is 35.4 Å². The van der Waals surface area contributed by atoms with Crippen molar-refractivity contribution in [1.29, 1.82) is 0 Å². The minimum Gasteiger partial charge on any atom is -0.550 e. The van der Waals surface area contributed by atoms with Gasteiger partial charge in [0.25, 0.3) is 0 Å². The molecule has 6 nitrogen and oxygen atoms in total. The van der Waals surface area contributed by atoms with Crippen molar-refractivity contribution in [2.75, 3.05) is 13.7 Å². The average Bonchev–Trinajstić information content (AvgIpc) is 3.08. The molecule has 1 heterocycles. The number of hydrogen-bond acceptors (Lipinski definition) is 5. The minimum absolute atomic E-state index is 0. The third-order valence-corrected chi connectivity index (χ3v) is 4.16. The number of methoxy groups -OCH3 is 1. The number of amides is 1. The van der Waals surface area contributed by atoms with Gasteiger partial charge in [0.15, 0.2) is 0 Å². The van der Waals surface area contributed by atoms with Gasteiger partial charge in [0, 0.05) is 18.0 Å². The van der Waals surface area contributed by atoms with Crippen molar-refractivity contribution in [1.82, 2.24) is 10.3 Å². The van der Waals surface area contributed by atoms with Gasteiger partial charge in [-0.3, -0.25) is 4.79 Å². The van der Waals surface area contributed by atoms with Crippen LogP contribution in [0.5, 0.6) is 5.88 Å². The van der Waals surface area contributed by atoms with E-state index < -0.39 is 47.3 Å². The molecule has 1 aliphatic carbocycles. The first-order valence-corrected chi connectivity index (χ1v) is 6.99. The summed E-state index contributed by atoms with van der Waals surface area (Å²) in [5.74, 6) is -7.29. The molecule has 2 atom stereocenters. The summed E-state index contributed by atoms with van der Waals surface area (Å²) in [5.41, 5.74) is -1.34. The predicted molar refractivity (Wildman–Crippen MR) is 73.5 cm³/mol. The molecule has 0 spiro atoms. The molecule has 1 amide bonds. The molecule has 2 rings (SSSR count). The summed E-state index contributed by atoms with van der Waals surface area (Å²) in [7, 11) is 1.31. The molecule has 1 aromatic rings. The van der Waals surface area contributed by atoms with Crippen LogP contribution in [0.3, 0.4) is 0 Å². The number of nitrogens with one attached hydrogen (secondary N) is 1. The smallest absolute Gasteiger partial charge is 0.550 e. The first kappa shape index (κ1) is 20.8. The van der Waals surface area contributed by atoms with E-state index in [1.807, 2.05) is 0 Å². The Hall–Kier alpha value is -1.25. The van der Waals surface area contributed by atoms with Crippen molar-refractivity contribution in [3.8, 4) is 5.88 Å². The summed E-state index contributed by atoms with van der Waals surface area (Å²) >= 11 is 0. The van der Waals surface area contributed by atoms with Crippen LogP contribution in [0.15, 0.2) is 18.2 Å². The number of carbonyl (C=O) groups excluding carboxylic acids is 2. The Morgan fingerprint density at radius 1 is 1.38 bits per heavy atom. The van der Waals surface area contributed by atoms with Crippen molar-refractivity contribution in [2.24, 2.45) is 17.3 Å². The van der Waals surface area contributed by atoms with Crippen molar-refractivity contribution in [2.45, 2.75) is 19.8 Å². The van der Waals surface area contributed by atoms with Crippen molar-refractivity contribution in [3.05, 3.63) is 23.9 Å². The van der Waals surface area contributed by atoms with Gasteiger partial charge in [-0.2, -0.15) is 8.78 Å². The molecule has 0 aliphatic heterocycles. The van der Waals surface area contributed by atoms with Crippen LogP contribution in [0.1, 0.15) is 19.5 Å². The van der Waals surface area contributed by atoms with Gasteiger partial charge in [-0.15, -0.1) is 0 Å². The Morgan fingerprint density at radius 2 is 2.00 bits per heavy atom. The van der Waals surface area contributed by atoms with Crippen molar-refractivity contribution >= 4 is 11.9 Å². The molecule has 0 saturated heterocycles. The Bertz CT molecular complexity index is 640. The Kier molecular flexibility index (Phi) is 6.35. The van der Waals surface area contributed by atoms with Crippen LogP contribution in [0, 0.1) is 17.3 Å². The summed E-state index contributed by atoms with van der Waals surface area (Å²) < 4.78 is 33.0. The molecule has 24 heavy (non-hydrogen) atoms. The van der Waals surface area contributed by atoms with Crippen LogP contribution in [0.4, 0.5) is 8.78 Å². The number of carboxylic acid groups (broad SMARTS) is 1. The summed E-state index contributed by atoms with van der Waals surface area (Å²) in [5, 5.41) is 13.0. The van der Waals surface area contributed by atoms with Crippen molar-refractivity contribution < 1.29 is 57.8 Å². The number of rotatable bonds is 6. The Balaban J connectivity index is 0.00000288. The molecule has 0 bridgehead atoms. The molecule has 126 valence electrons. The van der Waals surface area contributed by atoms with E-state index in [0.717, 1.165) is 6.07 Å². The molecule has 1 aliphatic rings. The van der Waals surface area contributed by atoms with Crippen LogP contribution >= 0.6 is 0 Å². The SMILES string of the molecule is COc1cccc(C(F)(F)CNC(=O)[C@@H]2[C@H](C(=O)[O-])C2(C)C)n1.[Na+]. The van der Waals surface area contributed by atoms with Crippen molar-refractivity contribution in [3.63, 3.8) is 0 Å². The van der Waals surface area contributed by atoms with Gasteiger partial charge < -0.3 is 20.0 Å². The zero-order chi connectivity index (χ0) is 17.4. The van der Waals surface area contributed by atoms with Crippen LogP contribution < -0.4 is 44.7 Å². The molecule has 9 heteroatoms. The molecule has 1 saturated carbocycles. The monoisotopic (exact) mass is 350 g/mol. The number of nitrogens with zero attached hydrogens (tertiary/aromatic N) is 1. The van der Waals surface area contributed by atoms with E-state index in [0.29, 0.717) is 0 Å². The maximum Gasteiger partial charge on any atom is 1.00 e. The largest absolute Gasteiger partial charge is 1.00 e. The van der Waals surface area contributed by atoms with Gasteiger partial charge in [0.2, 0.25) is 11.8 Å². The fourth-order valence-corrected chi connectivity index (χ4v) is 2.70. The zero-order valence-electron chi connectivity index (χ0n) is 13.9. The molecular formula is C15H17F2N2NaO4. The second kappa shape index (κ2) is 7.33. The molecule has 0 radical (unpaired) electrons. The zero-order valence-corrected chi connectivity index (χ0v) is 15.9. The standard InChI is InChI=1S/C15H18F2N2O4.Na/c1-14(2)10(11(14)13(21)22)12(20)18-7-15(16,17)8-5-4-6-9(19-8)23-3;/h4-6,10-11H,7H2,1-3H3,(H,18,20)(H,21,22);/q;+1/p-1/t10-,11+;/m0./s1. The summed E-state index contributed by atoms with van der Waals surface area (Å²) in [4.78, 5) is 26.5. The molecule has 1 N–H and O–H groups in total. The number of carboxylic acids is 1. The number of aromatic nitrogens is 1. The Labute approximate surface area is 160 Å². The third-order valence-electron chi connectivity index (χ3n) is 4.16. The van der Waals surface area contributed by atoms with Gasteiger partial charge in [0.05, 0.1) is 19.6 Å². The number of ether oxygens (including phenoxy) is 1. The van der Waals surface area contributed by atoms with Crippen LogP contribution in [0.25, 0.3) is 0 Å². The van der Waals surface area contributed by atoms with E-state index in [9.17, 15) is 23.5 Å². The normalized spacial score (nSPS) is 21.4. The van der Waals surface area contributed by atoms with E-state index in [1.165, 1.54) is 19.2 Å². The first-order chi connectivity index (χ1) is 10.6. The molecule has 1 aromatic heterocycles. The molecule has 1 fully saturated rings. The topological polar surface area (TPSA) is 91.3 Å².